The van der Waals surface area contributed by atoms with Gasteiger partial charge in [-0.2, -0.15) is 0 Å². The van der Waals surface area contributed by atoms with E-state index >= 15 is 0 Å². The van der Waals surface area contributed by atoms with Gasteiger partial charge in [0.15, 0.2) is 0 Å². The van der Waals surface area contributed by atoms with Crippen molar-refractivity contribution in [2.24, 2.45) is 4.99 Å². The highest BCUT2D eigenvalue weighted by atomic mass is 79.9. The number of carbonyl (C=O) groups excluding carboxylic acids is 1. The molecule has 1 aromatic heterocycles. The Bertz CT molecular complexity index is 1020. The van der Waals surface area contributed by atoms with E-state index in [-0.39, 0.29) is 6.54 Å². The van der Waals surface area contributed by atoms with Gasteiger partial charge in [-0.15, -0.1) is 0 Å². The third-order valence-corrected chi connectivity index (χ3v) is 4.84. The first-order valence-corrected chi connectivity index (χ1v) is 10.1. The van der Waals surface area contributed by atoms with Gasteiger partial charge in [0.25, 0.3) is 0 Å². The van der Waals surface area contributed by atoms with Crippen LogP contribution in [0, 0.1) is 5.21 Å². The zero-order valence-corrected chi connectivity index (χ0v) is 18.1. The van der Waals surface area contributed by atoms with Crippen LogP contribution in [0.3, 0.4) is 0 Å². The lowest BCUT2D eigenvalue weighted by molar-refractivity contribution is 0.0525. The summed E-state index contributed by atoms with van der Waals surface area (Å²) in [5, 5.41) is 15.9. The van der Waals surface area contributed by atoms with E-state index in [1.165, 1.54) is 6.20 Å². The lowest BCUT2D eigenvalue weighted by atomic mass is 10.1. The highest BCUT2D eigenvalue weighted by Crippen LogP contribution is 2.33. The lowest BCUT2D eigenvalue weighted by Gasteiger charge is -2.21. The van der Waals surface area contributed by atoms with Crippen LogP contribution in [-0.2, 0) is 4.74 Å². The molecule has 0 fully saturated rings. The van der Waals surface area contributed by atoms with Crippen LogP contribution in [0.2, 0.25) is 0 Å². The summed E-state index contributed by atoms with van der Waals surface area (Å²) in [6.45, 7) is 5.61. The number of aliphatic imine (C=N–C) groups is 1. The van der Waals surface area contributed by atoms with Crippen molar-refractivity contribution in [3.05, 3.63) is 75.5 Å². The Balaban J connectivity index is 1.93. The average molecular weight is 457 g/mol. The molecular formula is C22H23BrN3O3-. The van der Waals surface area contributed by atoms with Gasteiger partial charge in [0.1, 0.15) is 5.60 Å². The van der Waals surface area contributed by atoms with Crippen LogP contribution in [0.25, 0.3) is 10.9 Å². The van der Waals surface area contributed by atoms with Crippen LogP contribution < -0.4 is 5.32 Å². The Kier molecular flexibility index (Phi) is 6.27. The van der Waals surface area contributed by atoms with Crippen molar-refractivity contribution in [2.75, 3.05) is 6.54 Å². The van der Waals surface area contributed by atoms with Crippen molar-refractivity contribution in [1.82, 2.24) is 10.0 Å². The van der Waals surface area contributed by atoms with Gasteiger partial charge in [0.2, 0.25) is 0 Å². The number of alkyl carbamates (subject to hydrolysis) is 1. The van der Waals surface area contributed by atoms with Crippen molar-refractivity contribution >= 4 is 39.1 Å². The number of hydrogen-bond donors (Lipinski definition) is 1. The molecule has 0 aliphatic heterocycles. The number of aromatic nitrogens is 1. The summed E-state index contributed by atoms with van der Waals surface area (Å²) in [7, 11) is 0. The fourth-order valence-corrected chi connectivity index (χ4v) is 3.53. The number of nitrogens with zero attached hydrogens (tertiary/aromatic N) is 2. The van der Waals surface area contributed by atoms with Crippen LogP contribution in [0.4, 0.5) is 4.79 Å². The second kappa shape index (κ2) is 8.69. The maximum Gasteiger partial charge on any atom is 0.407 e. The topological polar surface area (TPSA) is 78.7 Å². The molecule has 1 atom stereocenters. The predicted molar refractivity (Wildman–Crippen MR) is 119 cm³/mol. The molecule has 0 aliphatic rings. The summed E-state index contributed by atoms with van der Waals surface area (Å²) in [6.07, 6.45) is 2.73. The third-order valence-electron chi connectivity index (χ3n) is 4.17. The summed E-state index contributed by atoms with van der Waals surface area (Å²) in [4.78, 5) is 16.8. The van der Waals surface area contributed by atoms with Gasteiger partial charge in [-0.1, -0.05) is 52.3 Å². The number of nitrogens with one attached hydrogen (secondary N) is 1. The monoisotopic (exact) mass is 456 g/mol. The van der Waals surface area contributed by atoms with E-state index in [1.54, 1.807) is 33.1 Å². The molecule has 1 N–H and O–H groups in total. The number of fused-ring (bicyclic) bond motifs is 1. The first-order valence-electron chi connectivity index (χ1n) is 9.26. The number of ether oxygens (including phenoxy) is 1. The highest BCUT2D eigenvalue weighted by molar-refractivity contribution is 9.10. The van der Waals surface area contributed by atoms with Gasteiger partial charge in [-0.3, -0.25) is 4.99 Å². The molecule has 2 aromatic carbocycles. The van der Waals surface area contributed by atoms with Crippen LogP contribution in [-0.4, -0.2) is 29.2 Å². The molecule has 3 aromatic rings. The van der Waals surface area contributed by atoms with Gasteiger partial charge >= 0.3 is 6.09 Å². The van der Waals surface area contributed by atoms with Gasteiger partial charge in [0, 0.05) is 39.9 Å². The van der Waals surface area contributed by atoms with Crippen LogP contribution in [0.5, 0.6) is 0 Å². The Morgan fingerprint density at radius 3 is 2.66 bits per heavy atom. The quantitative estimate of drug-likeness (QED) is 0.519. The molecule has 0 radical (unpaired) electrons. The van der Waals surface area contributed by atoms with Crippen LogP contribution in [0.15, 0.2) is 64.2 Å². The predicted octanol–water partition coefficient (Wildman–Crippen LogP) is 5.43. The zero-order chi connectivity index (χ0) is 21.0. The molecule has 152 valence electrons. The number of benzene rings is 2. The van der Waals surface area contributed by atoms with E-state index in [9.17, 15) is 10.0 Å². The molecule has 0 spiro atoms. The molecule has 0 aliphatic carbocycles. The van der Waals surface area contributed by atoms with Crippen molar-refractivity contribution in [3.8, 4) is 0 Å². The number of carbonyl (C=O) groups is 1. The molecule has 3 rings (SSSR count). The summed E-state index contributed by atoms with van der Waals surface area (Å²) < 4.78 is 6.95. The number of rotatable bonds is 5. The van der Waals surface area contributed by atoms with E-state index in [0.717, 1.165) is 25.7 Å². The molecular weight excluding hydrogens is 434 g/mol. The molecule has 0 saturated heterocycles. The van der Waals surface area contributed by atoms with E-state index in [2.05, 4.69) is 26.2 Å². The molecule has 1 unspecified atom stereocenters. The highest BCUT2D eigenvalue weighted by Gasteiger charge is 2.21. The minimum Gasteiger partial charge on any atom is -0.806 e. The second-order valence-corrected chi connectivity index (χ2v) is 8.49. The van der Waals surface area contributed by atoms with Gasteiger partial charge in [-0.25, -0.2) is 4.79 Å². The SMILES string of the molecule is CC(C)(C)OC(=O)NCC(N=Cc1ccccc1)c1cn([O-])c2cccc(Br)c12. The van der Waals surface area contributed by atoms with Crippen LogP contribution in [0.1, 0.15) is 37.9 Å². The second-order valence-electron chi connectivity index (χ2n) is 7.63. The summed E-state index contributed by atoms with van der Waals surface area (Å²) in [5.41, 5.74) is 1.61. The Morgan fingerprint density at radius 2 is 1.97 bits per heavy atom. The van der Waals surface area contributed by atoms with Gasteiger partial charge in [0.05, 0.1) is 6.04 Å². The molecule has 7 heteroatoms. The zero-order valence-electron chi connectivity index (χ0n) is 16.6. The maximum atomic E-state index is 12.4. The number of amides is 1. The molecule has 0 bridgehead atoms. The standard InChI is InChI=1S/C22H23BrN3O3/c1-22(2,3)29-21(27)25-13-18(24-12-15-8-5-4-6-9-15)16-14-26(28)19-11-7-10-17(23)20(16)19/h4-12,14,18H,13H2,1-3H3,(H,25,27)/q-1. The smallest absolute Gasteiger partial charge is 0.407 e. The summed E-state index contributed by atoms with van der Waals surface area (Å²) in [6, 6.07) is 14.7. The van der Waals surface area contributed by atoms with Crippen molar-refractivity contribution in [2.45, 2.75) is 32.4 Å². The number of halogens is 1. The lowest BCUT2D eigenvalue weighted by Crippen LogP contribution is -2.34. The molecule has 6 nitrogen and oxygen atoms in total. The minimum atomic E-state index is -0.596. The van der Waals surface area contributed by atoms with Crippen molar-refractivity contribution in [1.29, 1.82) is 0 Å². The summed E-state index contributed by atoms with van der Waals surface area (Å²) >= 11 is 3.53. The normalized spacial score (nSPS) is 13.0. The molecule has 29 heavy (non-hydrogen) atoms. The number of hydrogen-bond acceptors (Lipinski definition) is 4. The Labute approximate surface area is 178 Å². The third kappa shape index (κ3) is 5.38. The fraction of sp³-hybridized carbons (Fsp3) is 0.273. The first-order chi connectivity index (χ1) is 13.7. The van der Waals surface area contributed by atoms with E-state index < -0.39 is 17.7 Å². The van der Waals surface area contributed by atoms with E-state index in [1.807, 2.05) is 42.5 Å². The largest absolute Gasteiger partial charge is 0.806 e. The van der Waals surface area contributed by atoms with Gasteiger partial charge < -0.3 is 20.0 Å². The van der Waals surface area contributed by atoms with E-state index in [4.69, 9.17) is 4.74 Å². The van der Waals surface area contributed by atoms with Crippen molar-refractivity contribution in [3.63, 3.8) is 0 Å². The fourth-order valence-electron chi connectivity index (χ4n) is 2.95. The molecule has 1 heterocycles. The molecule has 0 saturated carbocycles. The molecule has 1 amide bonds. The Hall–Kier alpha value is -2.80. The minimum absolute atomic E-state index is 0.193. The van der Waals surface area contributed by atoms with E-state index in [0.29, 0.717) is 5.52 Å². The van der Waals surface area contributed by atoms with Gasteiger partial charge in [-0.05, 0) is 38.5 Å². The van der Waals surface area contributed by atoms with Crippen LogP contribution >= 0.6 is 15.9 Å². The van der Waals surface area contributed by atoms with Crippen molar-refractivity contribution < 1.29 is 9.53 Å². The first kappa shape index (κ1) is 20.9. The maximum absolute atomic E-state index is 12.4. The summed E-state index contributed by atoms with van der Waals surface area (Å²) in [5.74, 6) is 0. The Morgan fingerprint density at radius 1 is 1.24 bits per heavy atom. The average Bonchev–Trinajstić information content (AvgIpc) is 2.99.